The van der Waals surface area contributed by atoms with Gasteiger partial charge in [-0.3, -0.25) is 9.69 Å². The molecule has 3 N–H and O–H groups in total. The van der Waals surface area contributed by atoms with E-state index in [9.17, 15) is 9.59 Å². The van der Waals surface area contributed by atoms with Gasteiger partial charge in [0, 0.05) is 57.6 Å². The summed E-state index contributed by atoms with van der Waals surface area (Å²) < 4.78 is 5.50. The lowest BCUT2D eigenvalue weighted by Gasteiger charge is -2.28. The summed E-state index contributed by atoms with van der Waals surface area (Å²) in [6.45, 7) is 8.79. The molecule has 1 aliphatic heterocycles. The number of carbonyl (C=O) groups is 2. The minimum Gasteiger partial charge on any atom is -0.449 e. The number of allylic oxidation sites excluding steroid dienone is 2. The molecule has 0 spiro atoms. The van der Waals surface area contributed by atoms with Crippen molar-refractivity contribution in [2.75, 3.05) is 52.4 Å². The number of hydrogen-bond donors (Lipinski definition) is 3. The van der Waals surface area contributed by atoms with Crippen molar-refractivity contribution in [3.8, 4) is 0 Å². The fourth-order valence-electron chi connectivity index (χ4n) is 5.88. The maximum atomic E-state index is 12.8. The van der Waals surface area contributed by atoms with Crippen molar-refractivity contribution < 1.29 is 14.3 Å². The van der Waals surface area contributed by atoms with Gasteiger partial charge in [0.25, 0.3) is 0 Å². The van der Waals surface area contributed by atoms with Crippen molar-refractivity contribution in [2.24, 2.45) is 11.8 Å². The van der Waals surface area contributed by atoms with Gasteiger partial charge in [-0.25, -0.2) is 4.79 Å². The highest BCUT2D eigenvalue weighted by atomic mass is 16.5. The van der Waals surface area contributed by atoms with Gasteiger partial charge in [0.05, 0.1) is 6.61 Å². The van der Waals surface area contributed by atoms with Crippen LogP contribution in [-0.4, -0.2) is 69.3 Å². The third kappa shape index (κ3) is 17.3. The third-order valence-electron chi connectivity index (χ3n) is 8.57. The number of unbranched alkanes of at least 4 members (excludes halogenated alkanes) is 15. The average molecular weight is 563 g/mol. The van der Waals surface area contributed by atoms with Crippen molar-refractivity contribution in [1.29, 1.82) is 0 Å². The number of hydrogen-bond acceptors (Lipinski definition) is 5. The van der Waals surface area contributed by atoms with Gasteiger partial charge in [-0.1, -0.05) is 115 Å². The van der Waals surface area contributed by atoms with Crippen LogP contribution in [0.5, 0.6) is 0 Å². The molecule has 0 bridgehead atoms. The van der Waals surface area contributed by atoms with Crippen LogP contribution in [0.4, 0.5) is 4.79 Å². The van der Waals surface area contributed by atoms with Crippen LogP contribution in [0.2, 0.25) is 0 Å². The van der Waals surface area contributed by atoms with Gasteiger partial charge < -0.3 is 20.7 Å². The lowest BCUT2D eigenvalue weighted by Crippen LogP contribution is -2.46. The quantitative estimate of drug-likeness (QED) is 0.0968. The van der Waals surface area contributed by atoms with Crippen LogP contribution >= 0.6 is 0 Å². The van der Waals surface area contributed by atoms with E-state index in [-0.39, 0.29) is 23.8 Å². The standard InChI is InChI=1S/C33H62N4O3/c1-2-3-4-5-6-7-8-9-10-11-12-13-14-15-16-19-22-35-32(38)31-21-18-17-20-30(31)29-40-33(39)36-25-28-37-26-23-34-24-27-37/h17-18,30-31,34H,2-16,19-29H2,1H3,(H,35,38)(H,36,39). The number of ether oxygens (including phenoxy) is 1. The second-order valence-electron chi connectivity index (χ2n) is 12.0. The topological polar surface area (TPSA) is 82.7 Å². The molecule has 0 radical (unpaired) electrons. The molecule has 2 amide bonds. The second-order valence-corrected chi connectivity index (χ2v) is 12.0. The first-order valence-corrected chi connectivity index (χ1v) is 17.0. The highest BCUT2D eigenvalue weighted by molar-refractivity contribution is 5.79. The second kappa shape index (κ2) is 24.0. The number of alkyl carbamates (subject to hydrolysis) is 1. The lowest BCUT2D eigenvalue weighted by atomic mass is 9.83. The molecule has 232 valence electrons. The molecule has 2 atom stereocenters. The normalized spacial score (nSPS) is 19.4. The molecule has 1 heterocycles. The Balaban J connectivity index is 1.41. The zero-order chi connectivity index (χ0) is 28.5. The molecule has 7 nitrogen and oxygen atoms in total. The Labute approximate surface area is 246 Å². The Morgan fingerprint density at radius 3 is 1.90 bits per heavy atom. The highest BCUT2D eigenvalue weighted by Gasteiger charge is 2.29. The summed E-state index contributed by atoms with van der Waals surface area (Å²) in [6.07, 6.45) is 27.0. The summed E-state index contributed by atoms with van der Waals surface area (Å²) in [6, 6.07) is 0. The van der Waals surface area contributed by atoms with E-state index in [0.29, 0.717) is 13.2 Å². The molecule has 0 aromatic rings. The molecular weight excluding hydrogens is 500 g/mol. The molecular formula is C33H62N4O3. The molecule has 1 fully saturated rings. The van der Waals surface area contributed by atoms with Crippen LogP contribution in [0, 0.1) is 11.8 Å². The molecule has 40 heavy (non-hydrogen) atoms. The van der Waals surface area contributed by atoms with Gasteiger partial charge >= 0.3 is 6.09 Å². The van der Waals surface area contributed by atoms with E-state index in [2.05, 4.69) is 39.9 Å². The molecule has 7 heteroatoms. The third-order valence-corrected chi connectivity index (χ3v) is 8.57. The van der Waals surface area contributed by atoms with E-state index >= 15 is 0 Å². The lowest BCUT2D eigenvalue weighted by molar-refractivity contribution is -0.127. The summed E-state index contributed by atoms with van der Waals surface area (Å²) in [5, 5.41) is 9.34. The molecule has 0 aromatic heterocycles. The van der Waals surface area contributed by atoms with Gasteiger partial charge in [-0.15, -0.1) is 0 Å². The smallest absolute Gasteiger partial charge is 0.407 e. The van der Waals surface area contributed by atoms with E-state index < -0.39 is 0 Å². The molecule has 0 aromatic carbocycles. The minimum absolute atomic E-state index is 0.0507. The number of rotatable bonds is 23. The van der Waals surface area contributed by atoms with E-state index in [0.717, 1.165) is 58.5 Å². The zero-order valence-corrected chi connectivity index (χ0v) is 25.9. The Morgan fingerprint density at radius 1 is 0.750 bits per heavy atom. The first kappa shape index (κ1) is 34.6. The van der Waals surface area contributed by atoms with Crippen LogP contribution < -0.4 is 16.0 Å². The van der Waals surface area contributed by atoms with Crippen molar-refractivity contribution in [3.63, 3.8) is 0 Å². The number of nitrogens with one attached hydrogen (secondary N) is 3. The molecule has 0 saturated carbocycles. The van der Waals surface area contributed by atoms with Crippen LogP contribution in [0.3, 0.4) is 0 Å². The molecule has 2 rings (SSSR count). The van der Waals surface area contributed by atoms with Crippen molar-refractivity contribution in [2.45, 2.75) is 122 Å². The van der Waals surface area contributed by atoms with Crippen LogP contribution in [-0.2, 0) is 9.53 Å². The Morgan fingerprint density at radius 2 is 1.30 bits per heavy atom. The number of amides is 2. The molecule has 2 aliphatic rings. The maximum absolute atomic E-state index is 12.8. The van der Waals surface area contributed by atoms with E-state index in [1.165, 1.54) is 96.3 Å². The summed E-state index contributed by atoms with van der Waals surface area (Å²) in [5.74, 6) is 0.0486. The highest BCUT2D eigenvalue weighted by Crippen LogP contribution is 2.26. The van der Waals surface area contributed by atoms with Gasteiger partial charge in [0.1, 0.15) is 0 Å². The van der Waals surface area contributed by atoms with Crippen LogP contribution in [0.1, 0.15) is 122 Å². The van der Waals surface area contributed by atoms with E-state index in [1.807, 2.05) is 0 Å². The Kier molecular flexibility index (Phi) is 20.8. The van der Waals surface area contributed by atoms with Gasteiger partial charge in [-0.2, -0.15) is 0 Å². The molecule has 2 unspecified atom stereocenters. The Bertz CT molecular complexity index is 666. The maximum Gasteiger partial charge on any atom is 0.407 e. The monoisotopic (exact) mass is 562 g/mol. The minimum atomic E-state index is -0.378. The Hall–Kier alpha value is -1.60. The summed E-state index contributed by atoms with van der Waals surface area (Å²) in [7, 11) is 0. The number of nitrogens with zero attached hydrogens (tertiary/aromatic N) is 1. The first-order valence-electron chi connectivity index (χ1n) is 17.0. The molecule has 1 saturated heterocycles. The van der Waals surface area contributed by atoms with E-state index in [1.54, 1.807) is 0 Å². The fourth-order valence-corrected chi connectivity index (χ4v) is 5.88. The van der Waals surface area contributed by atoms with E-state index in [4.69, 9.17) is 4.74 Å². The van der Waals surface area contributed by atoms with Crippen LogP contribution in [0.25, 0.3) is 0 Å². The SMILES string of the molecule is CCCCCCCCCCCCCCCCCCNC(=O)C1CC=CCC1COC(=O)NCCN1CCNCC1. The summed E-state index contributed by atoms with van der Waals surface area (Å²) in [5.41, 5.74) is 0. The summed E-state index contributed by atoms with van der Waals surface area (Å²) in [4.78, 5) is 27.4. The van der Waals surface area contributed by atoms with Crippen LogP contribution in [0.15, 0.2) is 12.2 Å². The fraction of sp³-hybridized carbons (Fsp3) is 0.879. The predicted octanol–water partition coefficient (Wildman–Crippen LogP) is 6.58. The first-order chi connectivity index (χ1) is 19.7. The number of carbonyl (C=O) groups excluding carboxylic acids is 2. The van der Waals surface area contributed by atoms with Crippen molar-refractivity contribution in [3.05, 3.63) is 12.2 Å². The number of piperazine rings is 1. The van der Waals surface area contributed by atoms with Crippen molar-refractivity contribution in [1.82, 2.24) is 20.9 Å². The van der Waals surface area contributed by atoms with Crippen molar-refractivity contribution >= 4 is 12.0 Å². The summed E-state index contributed by atoms with van der Waals surface area (Å²) >= 11 is 0. The largest absolute Gasteiger partial charge is 0.449 e. The zero-order valence-electron chi connectivity index (χ0n) is 25.9. The predicted molar refractivity (Wildman–Crippen MR) is 167 cm³/mol. The molecule has 1 aliphatic carbocycles. The average Bonchev–Trinajstić information content (AvgIpc) is 2.98. The van der Waals surface area contributed by atoms with Gasteiger partial charge in [0.15, 0.2) is 0 Å². The van der Waals surface area contributed by atoms with Gasteiger partial charge in [0.2, 0.25) is 5.91 Å². The van der Waals surface area contributed by atoms with Gasteiger partial charge in [-0.05, 0) is 19.3 Å².